The predicted octanol–water partition coefficient (Wildman–Crippen LogP) is 3.33. The summed E-state index contributed by atoms with van der Waals surface area (Å²) in [6, 6.07) is 0. The van der Waals surface area contributed by atoms with Crippen molar-refractivity contribution >= 4 is 5.27 Å². The van der Waals surface area contributed by atoms with E-state index in [9.17, 15) is 0 Å². The van der Waals surface area contributed by atoms with Gasteiger partial charge in [-0.05, 0) is 0 Å². The van der Waals surface area contributed by atoms with Crippen LogP contribution in [0.15, 0.2) is 0 Å². The van der Waals surface area contributed by atoms with Crippen molar-refractivity contribution in [2.45, 2.75) is 40.3 Å². The molecule has 0 radical (unpaired) electrons. The Kier molecular flexibility index (Phi) is 5.79. The molecule has 0 rings (SSSR count). The van der Waals surface area contributed by atoms with Crippen LogP contribution >= 0.6 is 5.27 Å². The van der Waals surface area contributed by atoms with Gasteiger partial charge in [0.15, 0.2) is 0 Å². The molecule has 2 nitrogen and oxygen atoms in total. The topological polar surface area (TPSA) is 12.5 Å². The molecule has 86 valence electrons. The van der Waals surface area contributed by atoms with Crippen LogP contribution in [0.4, 0.5) is 0 Å². The minimum absolute atomic E-state index is 0.350. The van der Waals surface area contributed by atoms with E-state index in [0.717, 1.165) is 6.54 Å². The molecule has 1 unspecified atom stereocenters. The van der Waals surface area contributed by atoms with Crippen LogP contribution in [0, 0.1) is 5.41 Å². The summed E-state index contributed by atoms with van der Waals surface area (Å²) in [7, 11) is 4.06. The van der Waals surface area contributed by atoms with Crippen LogP contribution in [0.1, 0.15) is 34.6 Å². The van der Waals surface area contributed by atoms with Crippen LogP contribution in [0.5, 0.6) is 0 Å². The molecule has 0 N–H and O–H groups in total. The van der Waals surface area contributed by atoms with E-state index in [1.807, 2.05) is 7.11 Å². The van der Waals surface area contributed by atoms with Gasteiger partial charge in [0.1, 0.15) is 0 Å². The van der Waals surface area contributed by atoms with Gasteiger partial charge >= 0.3 is 99.7 Å². The van der Waals surface area contributed by atoms with Crippen LogP contribution in [0.25, 0.3) is 0 Å². The standard InChI is InChI=1S/C10H24NOP.W/c1-9(2)13(12-7)11(6)8-10(3,4)5;/h9H,8H2,1-7H3;. The van der Waals surface area contributed by atoms with Crippen molar-refractivity contribution in [1.82, 2.24) is 4.67 Å². The van der Waals surface area contributed by atoms with Gasteiger partial charge in [-0.3, -0.25) is 0 Å². The van der Waals surface area contributed by atoms with Gasteiger partial charge in [-0.15, -0.1) is 0 Å². The molecule has 0 bridgehead atoms. The molecule has 0 heterocycles. The van der Waals surface area contributed by atoms with E-state index in [4.69, 9.17) is 4.52 Å². The second-order valence-corrected chi connectivity index (χ2v) is 14.1. The summed E-state index contributed by atoms with van der Waals surface area (Å²) in [5.74, 6) is 0. The summed E-state index contributed by atoms with van der Waals surface area (Å²) in [6.07, 6.45) is 0. The van der Waals surface area contributed by atoms with Crippen molar-refractivity contribution in [3.05, 3.63) is 0 Å². The maximum absolute atomic E-state index is 5.78. The maximum atomic E-state index is 5.78. The van der Waals surface area contributed by atoms with Crippen LogP contribution in [-0.4, -0.2) is 31.0 Å². The molecule has 4 heteroatoms. The summed E-state index contributed by atoms with van der Waals surface area (Å²) in [5.41, 5.74) is 0.984. The van der Waals surface area contributed by atoms with E-state index in [0.29, 0.717) is 11.1 Å². The van der Waals surface area contributed by atoms with Gasteiger partial charge in [0.05, 0.1) is 0 Å². The Labute approximate surface area is 99.6 Å². The second kappa shape index (κ2) is 5.39. The Balaban J connectivity index is 4.64. The molecule has 1 atom stereocenters. The third-order valence-electron chi connectivity index (χ3n) is 2.09. The average molecular weight is 389 g/mol. The van der Waals surface area contributed by atoms with Crippen LogP contribution < -0.4 is 0 Å². The van der Waals surface area contributed by atoms with Gasteiger partial charge in [0.2, 0.25) is 0 Å². The quantitative estimate of drug-likeness (QED) is 0.685. The first-order valence-corrected chi connectivity index (χ1v) is 10.6. The normalized spacial score (nSPS) is 17.5. The summed E-state index contributed by atoms with van der Waals surface area (Å²) in [5, 5.41) is -1.29. The molecule has 0 aromatic heterocycles. The number of hydrogen-bond donors (Lipinski definition) is 0. The fourth-order valence-corrected chi connectivity index (χ4v) is 4.26. The van der Waals surface area contributed by atoms with E-state index in [1.165, 1.54) is 0 Å². The third-order valence-corrected chi connectivity index (χ3v) is 14.2. The van der Waals surface area contributed by atoms with Crippen molar-refractivity contribution in [1.29, 1.82) is 0 Å². The molecule has 0 saturated carbocycles. The molecule has 0 aliphatic rings. The van der Waals surface area contributed by atoms with E-state index < -0.39 is 5.27 Å². The molecule has 0 aromatic carbocycles. The number of nitrogens with zero attached hydrogens (tertiary/aromatic N) is 1. The van der Waals surface area contributed by atoms with Crippen LogP contribution in [0.2, 0.25) is 0 Å². The monoisotopic (exact) mass is 389 g/mol. The number of rotatable bonds is 4. The zero-order valence-corrected chi connectivity index (χ0v) is 14.3. The Hall–Kier alpha value is 1.04. The van der Waals surface area contributed by atoms with Crippen molar-refractivity contribution in [3.8, 4) is 0 Å². The summed E-state index contributed by atoms with van der Waals surface area (Å²) in [6.45, 7) is 12.5. The molecular formula is C10H24NOPW. The van der Waals surface area contributed by atoms with Gasteiger partial charge in [0, 0.05) is 0 Å². The zero-order valence-electron chi connectivity index (χ0n) is 10.5. The minimum atomic E-state index is -1.29. The van der Waals surface area contributed by atoms with Gasteiger partial charge in [-0.2, -0.15) is 0 Å². The summed E-state index contributed by atoms with van der Waals surface area (Å²) < 4.78 is 8.23. The summed E-state index contributed by atoms with van der Waals surface area (Å²) >= 11 is 1.59. The first kappa shape index (κ1) is 15.0. The van der Waals surface area contributed by atoms with Gasteiger partial charge in [-0.1, -0.05) is 0 Å². The first-order chi connectivity index (χ1) is 6.13. The fourth-order valence-electron chi connectivity index (χ4n) is 1.53. The molecule has 0 saturated heterocycles. The Morgan fingerprint density at radius 2 is 1.79 bits per heavy atom. The third kappa shape index (κ3) is 4.27. The Morgan fingerprint density at radius 1 is 1.36 bits per heavy atom. The van der Waals surface area contributed by atoms with Crippen LogP contribution in [-0.2, 0) is 23.3 Å². The molecule has 0 aromatic rings. The Morgan fingerprint density at radius 3 is 2.00 bits per heavy atom. The SMILES string of the molecule is CO[P](=[W])(C(C)C)N(C)CC(C)(C)C. The fraction of sp³-hybridized carbons (Fsp3) is 1.00. The van der Waals surface area contributed by atoms with Gasteiger partial charge < -0.3 is 0 Å². The molecular weight excluding hydrogens is 365 g/mol. The van der Waals surface area contributed by atoms with E-state index in [2.05, 4.69) is 46.3 Å². The molecule has 14 heavy (non-hydrogen) atoms. The van der Waals surface area contributed by atoms with Crippen molar-refractivity contribution in [2.75, 3.05) is 20.7 Å². The van der Waals surface area contributed by atoms with E-state index in [1.54, 1.807) is 18.8 Å². The average Bonchev–Trinajstić information content (AvgIpc) is 1.99. The predicted molar refractivity (Wildman–Crippen MR) is 61.2 cm³/mol. The molecule has 0 amide bonds. The molecule has 0 aliphatic heterocycles. The van der Waals surface area contributed by atoms with Crippen molar-refractivity contribution in [2.24, 2.45) is 5.41 Å². The van der Waals surface area contributed by atoms with Crippen molar-refractivity contribution in [3.63, 3.8) is 0 Å². The summed E-state index contributed by atoms with van der Waals surface area (Å²) in [4.78, 5) is 0. The Bertz CT molecular complexity index is 223. The molecule has 0 spiro atoms. The van der Waals surface area contributed by atoms with E-state index in [-0.39, 0.29) is 0 Å². The first-order valence-electron chi connectivity index (χ1n) is 5.00. The molecule has 0 aliphatic carbocycles. The molecule has 0 fully saturated rings. The van der Waals surface area contributed by atoms with Gasteiger partial charge in [0.25, 0.3) is 0 Å². The second-order valence-electron chi connectivity index (χ2n) is 5.22. The van der Waals surface area contributed by atoms with Crippen LogP contribution in [0.3, 0.4) is 0 Å². The van der Waals surface area contributed by atoms with Gasteiger partial charge in [-0.25, -0.2) is 0 Å². The van der Waals surface area contributed by atoms with Crippen molar-refractivity contribution < 1.29 is 23.3 Å². The van der Waals surface area contributed by atoms with E-state index >= 15 is 0 Å². The zero-order chi connectivity index (χ0) is 11.6. The number of hydrogen-bond acceptors (Lipinski definition) is 2.